The summed E-state index contributed by atoms with van der Waals surface area (Å²) in [7, 11) is 0. The van der Waals surface area contributed by atoms with E-state index < -0.39 is 0 Å². The zero-order valence-corrected chi connectivity index (χ0v) is 12.7. The summed E-state index contributed by atoms with van der Waals surface area (Å²) in [4.78, 5) is 11.6. The Morgan fingerprint density at radius 3 is 2.80 bits per heavy atom. The topological polar surface area (TPSA) is 61.4 Å². The van der Waals surface area contributed by atoms with Crippen LogP contribution in [0.1, 0.15) is 18.4 Å². The average molecular weight is 345 g/mol. The molecule has 1 aliphatic rings. The number of hydrogen-bond acceptors (Lipinski definition) is 2. The summed E-state index contributed by atoms with van der Waals surface area (Å²) in [5.74, 6) is -0.271. The number of carbonyl (C=O) groups excluding carboxylic acids is 1. The Morgan fingerprint density at radius 1 is 1.40 bits per heavy atom. The molecule has 0 aliphatic heterocycles. The molecule has 0 bridgehead atoms. The Hall–Kier alpha value is -1.14. The van der Waals surface area contributed by atoms with Crippen LogP contribution in [-0.2, 0) is 6.42 Å². The van der Waals surface area contributed by atoms with E-state index in [4.69, 9.17) is 5.11 Å². The molecule has 0 heterocycles. The Morgan fingerprint density at radius 2 is 2.15 bits per heavy atom. The van der Waals surface area contributed by atoms with Gasteiger partial charge < -0.3 is 15.7 Å². The second-order valence-electron chi connectivity index (χ2n) is 5.25. The van der Waals surface area contributed by atoms with E-state index in [0.717, 1.165) is 17.3 Å². The number of halogens is 2. The summed E-state index contributed by atoms with van der Waals surface area (Å²) in [5.41, 5.74) is 0.460. The molecule has 0 unspecified atom stereocenters. The van der Waals surface area contributed by atoms with Crippen LogP contribution in [0.4, 0.5) is 9.18 Å². The van der Waals surface area contributed by atoms with E-state index in [9.17, 15) is 9.18 Å². The maximum atomic E-state index is 13.5. The van der Waals surface area contributed by atoms with E-state index in [1.807, 2.05) is 0 Å². The van der Waals surface area contributed by atoms with Gasteiger partial charge in [0.1, 0.15) is 5.82 Å². The number of benzene rings is 1. The number of nitrogens with one attached hydrogen (secondary N) is 2. The summed E-state index contributed by atoms with van der Waals surface area (Å²) >= 11 is 3.29. The second-order valence-corrected chi connectivity index (χ2v) is 6.17. The predicted molar refractivity (Wildman–Crippen MR) is 78.0 cm³/mol. The van der Waals surface area contributed by atoms with Crippen LogP contribution in [-0.4, -0.2) is 30.8 Å². The molecule has 0 spiro atoms. The molecule has 1 saturated carbocycles. The highest BCUT2D eigenvalue weighted by atomic mass is 79.9. The molecule has 0 aromatic heterocycles. The molecule has 4 nitrogen and oxygen atoms in total. The Labute approximate surface area is 125 Å². The highest BCUT2D eigenvalue weighted by Crippen LogP contribution is 2.44. The first-order valence-corrected chi connectivity index (χ1v) is 7.40. The van der Waals surface area contributed by atoms with Gasteiger partial charge in [-0.05, 0) is 43.0 Å². The summed E-state index contributed by atoms with van der Waals surface area (Å²) in [6.07, 6.45) is 2.34. The first-order valence-electron chi connectivity index (χ1n) is 6.61. The number of carbonyl (C=O) groups is 1. The number of amides is 2. The molecule has 1 aliphatic carbocycles. The van der Waals surface area contributed by atoms with Crippen molar-refractivity contribution in [1.82, 2.24) is 10.6 Å². The van der Waals surface area contributed by atoms with Crippen molar-refractivity contribution in [3.63, 3.8) is 0 Å². The van der Waals surface area contributed by atoms with E-state index in [2.05, 4.69) is 26.6 Å². The van der Waals surface area contributed by atoms with Crippen LogP contribution in [0.15, 0.2) is 22.7 Å². The minimum Gasteiger partial charge on any atom is -0.396 e. The summed E-state index contributed by atoms with van der Waals surface area (Å²) in [5, 5.41) is 14.6. The van der Waals surface area contributed by atoms with Gasteiger partial charge in [0.25, 0.3) is 0 Å². The van der Waals surface area contributed by atoms with Crippen molar-refractivity contribution in [3.8, 4) is 0 Å². The lowest BCUT2D eigenvalue weighted by Gasteiger charge is -2.13. The van der Waals surface area contributed by atoms with Crippen LogP contribution >= 0.6 is 15.9 Å². The first kappa shape index (κ1) is 15.3. The minimum absolute atomic E-state index is 0.103. The van der Waals surface area contributed by atoms with Gasteiger partial charge in [-0.1, -0.05) is 15.9 Å². The van der Waals surface area contributed by atoms with E-state index >= 15 is 0 Å². The third-order valence-electron chi connectivity index (χ3n) is 3.60. The molecule has 20 heavy (non-hydrogen) atoms. The zero-order valence-electron chi connectivity index (χ0n) is 11.1. The number of hydrogen-bond donors (Lipinski definition) is 3. The maximum Gasteiger partial charge on any atom is 0.314 e. The van der Waals surface area contributed by atoms with Crippen LogP contribution in [0, 0.1) is 11.2 Å². The highest BCUT2D eigenvalue weighted by molar-refractivity contribution is 9.10. The summed E-state index contributed by atoms with van der Waals surface area (Å²) in [6, 6.07) is 4.47. The molecule has 2 amide bonds. The van der Waals surface area contributed by atoms with E-state index in [1.165, 1.54) is 6.07 Å². The monoisotopic (exact) mass is 344 g/mol. The Bertz CT molecular complexity index is 492. The van der Waals surface area contributed by atoms with Gasteiger partial charge in [-0.15, -0.1) is 0 Å². The van der Waals surface area contributed by atoms with E-state index in [1.54, 1.807) is 12.1 Å². The smallest absolute Gasteiger partial charge is 0.314 e. The van der Waals surface area contributed by atoms with Crippen LogP contribution in [0.2, 0.25) is 0 Å². The van der Waals surface area contributed by atoms with Crippen molar-refractivity contribution in [2.75, 3.05) is 19.7 Å². The number of aliphatic hydroxyl groups excluding tert-OH is 1. The van der Waals surface area contributed by atoms with Crippen molar-refractivity contribution in [2.24, 2.45) is 5.41 Å². The lowest BCUT2D eigenvalue weighted by molar-refractivity contribution is 0.203. The third-order valence-corrected chi connectivity index (χ3v) is 4.10. The zero-order chi connectivity index (χ0) is 14.6. The molecule has 0 radical (unpaired) electrons. The van der Waals surface area contributed by atoms with Gasteiger partial charge >= 0.3 is 6.03 Å². The van der Waals surface area contributed by atoms with Gasteiger partial charge in [-0.25, -0.2) is 9.18 Å². The van der Waals surface area contributed by atoms with Gasteiger partial charge in [0.15, 0.2) is 0 Å². The standard InChI is InChI=1S/C14H18BrFN2O2/c15-11-1-2-12(16)10(7-11)3-6-17-13(20)18-8-14(9-19)4-5-14/h1-2,7,19H,3-6,8-9H2,(H2,17,18,20). The number of aliphatic hydroxyl groups is 1. The van der Waals surface area contributed by atoms with Crippen molar-refractivity contribution >= 4 is 22.0 Å². The fourth-order valence-electron chi connectivity index (χ4n) is 1.94. The van der Waals surface area contributed by atoms with Gasteiger partial charge in [0.2, 0.25) is 0 Å². The number of urea groups is 1. The van der Waals surface area contributed by atoms with E-state index in [0.29, 0.717) is 25.1 Å². The van der Waals surface area contributed by atoms with E-state index in [-0.39, 0.29) is 23.9 Å². The normalized spacial score (nSPS) is 15.8. The third kappa shape index (κ3) is 4.18. The highest BCUT2D eigenvalue weighted by Gasteiger charge is 2.42. The maximum absolute atomic E-state index is 13.5. The largest absolute Gasteiger partial charge is 0.396 e. The van der Waals surface area contributed by atoms with Gasteiger partial charge in [-0.2, -0.15) is 0 Å². The van der Waals surface area contributed by atoms with Crippen LogP contribution in [0.5, 0.6) is 0 Å². The Balaban J connectivity index is 1.70. The average Bonchev–Trinajstić information content (AvgIpc) is 3.21. The van der Waals surface area contributed by atoms with Crippen LogP contribution < -0.4 is 10.6 Å². The quantitative estimate of drug-likeness (QED) is 0.740. The van der Waals surface area contributed by atoms with Crippen molar-refractivity contribution in [2.45, 2.75) is 19.3 Å². The number of rotatable bonds is 6. The molecule has 0 atom stereocenters. The molecule has 0 saturated heterocycles. The minimum atomic E-state index is -0.278. The lowest BCUT2D eigenvalue weighted by atomic mass is 10.1. The molecule has 1 aromatic carbocycles. The van der Waals surface area contributed by atoms with Crippen molar-refractivity contribution in [3.05, 3.63) is 34.1 Å². The molecule has 110 valence electrons. The molecule has 3 N–H and O–H groups in total. The SMILES string of the molecule is O=C(NCCc1cc(Br)ccc1F)NCC1(CO)CC1. The predicted octanol–water partition coefficient (Wildman–Crippen LogP) is 2.20. The summed E-state index contributed by atoms with van der Waals surface area (Å²) in [6.45, 7) is 0.961. The lowest BCUT2D eigenvalue weighted by Crippen LogP contribution is -2.40. The molecule has 1 fully saturated rings. The molecule has 2 rings (SSSR count). The molecule has 6 heteroatoms. The first-order chi connectivity index (χ1) is 9.54. The fraction of sp³-hybridized carbons (Fsp3) is 0.500. The van der Waals surface area contributed by atoms with Crippen molar-refractivity contribution in [1.29, 1.82) is 0 Å². The molecular formula is C14H18BrFN2O2. The van der Waals surface area contributed by atoms with Gasteiger partial charge in [0, 0.05) is 23.0 Å². The fourth-order valence-corrected chi connectivity index (χ4v) is 2.35. The van der Waals surface area contributed by atoms with Crippen molar-refractivity contribution < 1.29 is 14.3 Å². The molecule has 1 aromatic rings. The summed E-state index contributed by atoms with van der Waals surface area (Å²) < 4.78 is 14.3. The van der Waals surface area contributed by atoms with Crippen LogP contribution in [0.25, 0.3) is 0 Å². The Kier molecular flexibility index (Phi) is 4.99. The van der Waals surface area contributed by atoms with Gasteiger partial charge in [0.05, 0.1) is 6.61 Å². The van der Waals surface area contributed by atoms with Crippen LogP contribution in [0.3, 0.4) is 0 Å². The van der Waals surface area contributed by atoms with Gasteiger partial charge in [-0.3, -0.25) is 0 Å². The second kappa shape index (κ2) is 6.54. The molecular weight excluding hydrogens is 327 g/mol.